The summed E-state index contributed by atoms with van der Waals surface area (Å²) < 4.78 is 13.7. The maximum Gasteiger partial charge on any atom is 0.263 e. The second-order valence-corrected chi connectivity index (χ2v) is 7.62. The molecule has 0 bridgehead atoms. The standard InChI is InChI=1S/C24H21N7O4/c1-15-11-20(26-21(32)14-35-18-10-6-9-17(12-18)34-2)31(29-15)24-27-22-19(23(33)28-24)13-25-30(22)16-7-4-3-5-8-16/h3-13H,14H2,1-2H3,(H,26,32)(H,27,28,33). The molecular weight excluding hydrogens is 450 g/mol. The molecule has 0 fully saturated rings. The summed E-state index contributed by atoms with van der Waals surface area (Å²) in [6, 6.07) is 18.0. The van der Waals surface area contributed by atoms with Crippen molar-refractivity contribution in [2.24, 2.45) is 0 Å². The van der Waals surface area contributed by atoms with E-state index in [9.17, 15) is 9.59 Å². The average Bonchev–Trinajstić information content (AvgIpc) is 3.47. The molecule has 3 heterocycles. The van der Waals surface area contributed by atoms with Crippen LogP contribution >= 0.6 is 0 Å². The molecule has 176 valence electrons. The first kappa shape index (κ1) is 21.9. The SMILES string of the molecule is COc1cccc(OCC(=O)Nc2cc(C)nn2-c2nc3c(cnn3-c3ccccc3)c(=O)[nH]2)c1. The van der Waals surface area contributed by atoms with E-state index in [4.69, 9.17) is 9.47 Å². The Labute approximate surface area is 198 Å². The van der Waals surface area contributed by atoms with Crippen LogP contribution in [0.25, 0.3) is 22.7 Å². The first-order valence-corrected chi connectivity index (χ1v) is 10.7. The van der Waals surface area contributed by atoms with Crippen molar-refractivity contribution in [2.75, 3.05) is 19.0 Å². The number of ether oxygens (including phenoxy) is 2. The molecule has 0 saturated heterocycles. The summed E-state index contributed by atoms with van der Waals surface area (Å²) in [5, 5.41) is 11.8. The number of amides is 1. The number of hydrogen-bond acceptors (Lipinski definition) is 7. The highest BCUT2D eigenvalue weighted by Gasteiger charge is 2.17. The van der Waals surface area contributed by atoms with Crippen LogP contribution in [0.4, 0.5) is 5.82 Å². The van der Waals surface area contributed by atoms with E-state index >= 15 is 0 Å². The van der Waals surface area contributed by atoms with Crippen LogP contribution in [0.15, 0.2) is 71.7 Å². The molecule has 0 aliphatic carbocycles. The maximum absolute atomic E-state index is 12.8. The Morgan fingerprint density at radius 3 is 2.66 bits per heavy atom. The van der Waals surface area contributed by atoms with Crippen molar-refractivity contribution >= 4 is 22.8 Å². The average molecular weight is 471 g/mol. The molecule has 0 spiro atoms. The highest BCUT2D eigenvalue weighted by atomic mass is 16.5. The van der Waals surface area contributed by atoms with Crippen molar-refractivity contribution in [2.45, 2.75) is 6.92 Å². The van der Waals surface area contributed by atoms with Gasteiger partial charge in [0, 0.05) is 12.1 Å². The number of methoxy groups -OCH3 is 1. The second kappa shape index (κ2) is 9.14. The van der Waals surface area contributed by atoms with Gasteiger partial charge in [-0.25, -0.2) is 4.68 Å². The summed E-state index contributed by atoms with van der Waals surface area (Å²) in [6.45, 7) is 1.53. The molecule has 0 radical (unpaired) electrons. The number of benzene rings is 2. The number of H-pyrrole nitrogens is 1. The Morgan fingerprint density at radius 2 is 1.86 bits per heavy atom. The summed E-state index contributed by atoms with van der Waals surface area (Å²) in [7, 11) is 1.55. The summed E-state index contributed by atoms with van der Waals surface area (Å²) in [6.07, 6.45) is 1.46. The van der Waals surface area contributed by atoms with Crippen LogP contribution in [0, 0.1) is 6.92 Å². The fourth-order valence-electron chi connectivity index (χ4n) is 3.53. The quantitative estimate of drug-likeness (QED) is 0.373. The largest absolute Gasteiger partial charge is 0.497 e. The van der Waals surface area contributed by atoms with Crippen molar-refractivity contribution < 1.29 is 14.3 Å². The van der Waals surface area contributed by atoms with Crippen molar-refractivity contribution in [1.29, 1.82) is 0 Å². The number of anilines is 1. The van der Waals surface area contributed by atoms with Gasteiger partial charge in [0.25, 0.3) is 11.5 Å². The lowest BCUT2D eigenvalue weighted by molar-refractivity contribution is -0.118. The van der Waals surface area contributed by atoms with Gasteiger partial charge in [-0.15, -0.1) is 0 Å². The lowest BCUT2D eigenvalue weighted by Gasteiger charge is -2.10. The number of aryl methyl sites for hydroxylation is 1. The number of nitrogens with one attached hydrogen (secondary N) is 2. The molecule has 0 aliphatic rings. The Balaban J connectivity index is 1.43. The van der Waals surface area contributed by atoms with E-state index in [1.807, 2.05) is 30.3 Å². The molecule has 0 aliphatic heterocycles. The van der Waals surface area contributed by atoms with Crippen molar-refractivity contribution in [3.63, 3.8) is 0 Å². The fourth-order valence-corrected chi connectivity index (χ4v) is 3.53. The lowest BCUT2D eigenvalue weighted by Crippen LogP contribution is -2.23. The molecule has 1 amide bonds. The monoisotopic (exact) mass is 471 g/mol. The van der Waals surface area contributed by atoms with E-state index in [0.29, 0.717) is 34.0 Å². The minimum atomic E-state index is -0.410. The topological polar surface area (TPSA) is 129 Å². The predicted molar refractivity (Wildman–Crippen MR) is 128 cm³/mol. The number of carbonyl (C=O) groups is 1. The highest BCUT2D eigenvalue weighted by molar-refractivity contribution is 5.91. The zero-order chi connectivity index (χ0) is 24.4. The van der Waals surface area contributed by atoms with Crippen LogP contribution in [-0.2, 0) is 4.79 Å². The molecular formula is C24H21N7O4. The minimum Gasteiger partial charge on any atom is -0.497 e. The van der Waals surface area contributed by atoms with E-state index in [2.05, 4.69) is 25.5 Å². The number of para-hydroxylation sites is 1. The number of aromatic amines is 1. The number of rotatable bonds is 7. The van der Waals surface area contributed by atoms with Gasteiger partial charge in [0.15, 0.2) is 12.3 Å². The molecule has 0 atom stereocenters. The summed E-state index contributed by atoms with van der Waals surface area (Å²) in [5.41, 5.74) is 1.36. The smallest absolute Gasteiger partial charge is 0.263 e. The van der Waals surface area contributed by atoms with Gasteiger partial charge in [-0.2, -0.15) is 19.9 Å². The number of hydrogen-bond donors (Lipinski definition) is 2. The van der Waals surface area contributed by atoms with Crippen LogP contribution in [0.1, 0.15) is 5.69 Å². The first-order chi connectivity index (χ1) is 17.0. The van der Waals surface area contributed by atoms with Crippen LogP contribution in [-0.4, -0.2) is 49.2 Å². The van der Waals surface area contributed by atoms with Crippen LogP contribution in [0.2, 0.25) is 0 Å². The Hall–Kier alpha value is -4.93. The van der Waals surface area contributed by atoms with Gasteiger partial charge < -0.3 is 14.8 Å². The number of aromatic nitrogens is 6. The number of fused-ring (bicyclic) bond motifs is 1. The third kappa shape index (κ3) is 4.47. The molecule has 11 heteroatoms. The molecule has 2 aromatic carbocycles. The molecule has 2 N–H and O–H groups in total. The van der Waals surface area contributed by atoms with Gasteiger partial charge in [0.05, 0.1) is 24.7 Å². The molecule has 0 saturated carbocycles. The molecule has 35 heavy (non-hydrogen) atoms. The van der Waals surface area contributed by atoms with Gasteiger partial charge in [-0.3, -0.25) is 14.6 Å². The minimum absolute atomic E-state index is 0.136. The summed E-state index contributed by atoms with van der Waals surface area (Å²) in [4.78, 5) is 32.7. The third-order valence-corrected chi connectivity index (χ3v) is 5.14. The van der Waals surface area contributed by atoms with Crippen LogP contribution in [0.5, 0.6) is 11.5 Å². The van der Waals surface area contributed by atoms with Gasteiger partial charge in [-0.1, -0.05) is 24.3 Å². The van der Waals surface area contributed by atoms with Gasteiger partial charge in [-0.05, 0) is 31.2 Å². The van der Waals surface area contributed by atoms with Crippen molar-refractivity contribution in [1.82, 2.24) is 29.5 Å². The second-order valence-electron chi connectivity index (χ2n) is 7.62. The number of carbonyl (C=O) groups excluding carboxylic acids is 1. The lowest BCUT2D eigenvalue weighted by atomic mass is 10.3. The zero-order valence-corrected chi connectivity index (χ0v) is 18.9. The summed E-state index contributed by atoms with van der Waals surface area (Å²) >= 11 is 0. The van der Waals surface area contributed by atoms with Crippen molar-refractivity contribution in [3.8, 4) is 23.1 Å². The molecule has 3 aromatic heterocycles. The Kier molecular flexibility index (Phi) is 5.71. The van der Waals surface area contributed by atoms with E-state index < -0.39 is 5.91 Å². The zero-order valence-electron chi connectivity index (χ0n) is 18.9. The van der Waals surface area contributed by atoms with Crippen LogP contribution < -0.4 is 20.3 Å². The normalized spacial score (nSPS) is 10.9. The number of nitrogens with zero attached hydrogens (tertiary/aromatic N) is 5. The fraction of sp³-hybridized carbons (Fsp3) is 0.125. The molecule has 0 unspecified atom stereocenters. The molecule has 5 aromatic rings. The van der Waals surface area contributed by atoms with Crippen molar-refractivity contribution in [3.05, 3.63) is 82.9 Å². The van der Waals surface area contributed by atoms with E-state index in [0.717, 1.165) is 5.69 Å². The van der Waals surface area contributed by atoms with E-state index in [1.54, 1.807) is 49.0 Å². The Morgan fingerprint density at radius 1 is 1.06 bits per heavy atom. The summed E-state index contributed by atoms with van der Waals surface area (Å²) in [5.74, 6) is 1.17. The predicted octanol–water partition coefficient (Wildman–Crippen LogP) is 2.63. The van der Waals surface area contributed by atoms with E-state index in [1.165, 1.54) is 10.9 Å². The molecule has 5 rings (SSSR count). The van der Waals surface area contributed by atoms with Gasteiger partial charge in [0.2, 0.25) is 5.95 Å². The highest BCUT2D eigenvalue weighted by Crippen LogP contribution is 2.20. The van der Waals surface area contributed by atoms with Gasteiger partial charge >= 0.3 is 0 Å². The Bertz CT molecular complexity index is 1570. The van der Waals surface area contributed by atoms with Crippen LogP contribution in [0.3, 0.4) is 0 Å². The maximum atomic E-state index is 12.8. The van der Waals surface area contributed by atoms with Gasteiger partial charge in [0.1, 0.15) is 22.7 Å². The third-order valence-electron chi connectivity index (χ3n) is 5.14. The van der Waals surface area contributed by atoms with E-state index in [-0.39, 0.29) is 18.1 Å². The molecule has 11 nitrogen and oxygen atoms in total. The first-order valence-electron chi connectivity index (χ1n) is 10.7.